The molecule has 2 aromatic rings. The lowest BCUT2D eigenvalue weighted by Gasteiger charge is -2.23. The van der Waals surface area contributed by atoms with E-state index < -0.39 is 0 Å². The summed E-state index contributed by atoms with van der Waals surface area (Å²) in [7, 11) is 1.67. The molecule has 1 amide bonds. The van der Waals surface area contributed by atoms with Crippen LogP contribution in [0.5, 0.6) is 0 Å². The lowest BCUT2D eigenvalue weighted by Crippen LogP contribution is -2.36. The Labute approximate surface area is 159 Å². The van der Waals surface area contributed by atoms with Crippen molar-refractivity contribution >= 4 is 5.91 Å². The van der Waals surface area contributed by atoms with Gasteiger partial charge in [0.2, 0.25) is 5.91 Å². The van der Waals surface area contributed by atoms with E-state index in [4.69, 9.17) is 4.74 Å². The van der Waals surface area contributed by atoms with Gasteiger partial charge in [0, 0.05) is 37.7 Å². The van der Waals surface area contributed by atoms with Crippen LogP contribution in [0.2, 0.25) is 0 Å². The largest absolute Gasteiger partial charge is 0.383 e. The molecule has 2 aliphatic rings. The highest BCUT2D eigenvalue weighted by Gasteiger charge is 2.51. The van der Waals surface area contributed by atoms with Crippen molar-refractivity contribution in [1.29, 1.82) is 0 Å². The van der Waals surface area contributed by atoms with Crippen molar-refractivity contribution in [3.05, 3.63) is 59.7 Å². The average Bonchev–Trinajstić information content (AvgIpc) is 3.27. The zero-order valence-electron chi connectivity index (χ0n) is 15.5. The number of likely N-dealkylation sites (tertiary alicyclic amines) is 1. The Kier molecular flexibility index (Phi) is 5.17. The van der Waals surface area contributed by atoms with Crippen molar-refractivity contribution < 1.29 is 9.53 Å². The average molecular weight is 361 g/mol. The summed E-state index contributed by atoms with van der Waals surface area (Å²) in [6.45, 7) is 1.21. The highest BCUT2D eigenvalue weighted by molar-refractivity contribution is 5.86. The van der Waals surface area contributed by atoms with Crippen LogP contribution in [0.3, 0.4) is 0 Å². The first-order valence-electron chi connectivity index (χ1n) is 9.46. The number of rotatable bonds is 4. The second-order valence-corrected chi connectivity index (χ2v) is 7.11. The topological polar surface area (TPSA) is 55.3 Å². The Hall–Kier alpha value is -2.71. The van der Waals surface area contributed by atoms with Gasteiger partial charge in [0.15, 0.2) is 0 Å². The number of amides is 1. The van der Waals surface area contributed by atoms with Gasteiger partial charge < -0.3 is 9.64 Å². The third-order valence-electron chi connectivity index (χ3n) is 5.52. The summed E-state index contributed by atoms with van der Waals surface area (Å²) < 4.78 is 5.18. The van der Waals surface area contributed by atoms with E-state index in [1.54, 1.807) is 19.5 Å². The molecule has 5 nitrogen and oxygen atoms in total. The van der Waals surface area contributed by atoms with E-state index in [1.165, 1.54) is 0 Å². The Morgan fingerprint density at radius 1 is 1.11 bits per heavy atom. The van der Waals surface area contributed by atoms with Crippen LogP contribution in [-0.4, -0.2) is 47.1 Å². The smallest absolute Gasteiger partial charge is 0.234 e. The second-order valence-electron chi connectivity index (χ2n) is 7.11. The maximum atomic E-state index is 13.0. The molecule has 1 aliphatic heterocycles. The summed E-state index contributed by atoms with van der Waals surface area (Å²) in [5.41, 5.74) is 1.71. The zero-order chi connectivity index (χ0) is 18.6. The van der Waals surface area contributed by atoms with Gasteiger partial charge in [-0.15, -0.1) is 0 Å². The van der Waals surface area contributed by atoms with Gasteiger partial charge in [0.1, 0.15) is 11.7 Å². The van der Waals surface area contributed by atoms with Crippen molar-refractivity contribution in [2.24, 2.45) is 5.92 Å². The van der Waals surface area contributed by atoms with Gasteiger partial charge in [-0.3, -0.25) is 4.79 Å². The summed E-state index contributed by atoms with van der Waals surface area (Å²) >= 11 is 0. The van der Waals surface area contributed by atoms with Gasteiger partial charge in [-0.05, 0) is 30.9 Å². The predicted molar refractivity (Wildman–Crippen MR) is 102 cm³/mol. The molecule has 0 radical (unpaired) electrons. The van der Waals surface area contributed by atoms with E-state index in [2.05, 4.69) is 21.8 Å². The number of hydrogen-bond donors (Lipinski definition) is 0. The second kappa shape index (κ2) is 7.89. The van der Waals surface area contributed by atoms with E-state index in [0.717, 1.165) is 30.4 Å². The molecule has 3 unspecified atom stereocenters. The lowest BCUT2D eigenvalue weighted by molar-refractivity contribution is -0.131. The normalized spacial score (nSPS) is 23.8. The summed E-state index contributed by atoms with van der Waals surface area (Å²) in [6.07, 6.45) is 6.74. The first-order chi connectivity index (χ1) is 13.3. The molecule has 0 spiro atoms. The third-order valence-corrected chi connectivity index (χ3v) is 5.52. The summed E-state index contributed by atoms with van der Waals surface area (Å²) in [5.74, 6) is 7.05. The Morgan fingerprint density at radius 2 is 1.85 bits per heavy atom. The minimum Gasteiger partial charge on any atom is -0.383 e. The van der Waals surface area contributed by atoms with Gasteiger partial charge in [-0.2, -0.15) is 0 Å². The van der Waals surface area contributed by atoms with Crippen LogP contribution in [0.15, 0.2) is 42.7 Å². The van der Waals surface area contributed by atoms with E-state index >= 15 is 0 Å². The molecule has 5 heteroatoms. The van der Waals surface area contributed by atoms with Crippen molar-refractivity contribution in [3.8, 4) is 11.8 Å². The molecule has 4 rings (SSSR count). The van der Waals surface area contributed by atoms with Crippen LogP contribution in [0.25, 0.3) is 0 Å². The number of methoxy groups -OCH3 is 1. The summed E-state index contributed by atoms with van der Waals surface area (Å²) in [4.78, 5) is 24.0. The van der Waals surface area contributed by atoms with Crippen molar-refractivity contribution in [2.75, 3.05) is 20.3 Å². The lowest BCUT2D eigenvalue weighted by atomic mass is 9.91. The first-order valence-corrected chi connectivity index (χ1v) is 9.46. The molecule has 1 saturated carbocycles. The first kappa shape index (κ1) is 17.7. The fourth-order valence-electron chi connectivity index (χ4n) is 4.27. The molecule has 1 aromatic carbocycles. The highest BCUT2D eigenvalue weighted by Crippen LogP contribution is 2.45. The number of benzene rings is 1. The maximum Gasteiger partial charge on any atom is 0.234 e. The molecular formula is C22H23N3O2. The Bertz CT molecular complexity index is 855. The zero-order valence-corrected chi connectivity index (χ0v) is 15.5. The van der Waals surface area contributed by atoms with Gasteiger partial charge in [0.05, 0.1) is 12.2 Å². The fourth-order valence-corrected chi connectivity index (χ4v) is 4.27. The maximum absolute atomic E-state index is 13.0. The number of carbonyl (C=O) groups is 1. The van der Waals surface area contributed by atoms with Crippen molar-refractivity contribution in [1.82, 2.24) is 14.9 Å². The van der Waals surface area contributed by atoms with Crippen LogP contribution in [-0.2, 0) is 9.53 Å². The number of hydrogen-bond acceptors (Lipinski definition) is 4. The van der Waals surface area contributed by atoms with E-state index in [9.17, 15) is 4.79 Å². The standard InChI is InChI=1S/C22H23N3O2/c1-27-13-12-25-19-9-5-8-18(19)20(22(25)26)21-23-14-17(15-24-21)11-10-16-6-3-2-4-7-16/h2-4,6-7,14-15,18-20H,5,8-9,12-13H2,1H3. The van der Waals surface area contributed by atoms with Gasteiger partial charge in [-0.25, -0.2) is 9.97 Å². The van der Waals surface area contributed by atoms with Crippen LogP contribution in [0.4, 0.5) is 0 Å². The van der Waals surface area contributed by atoms with Gasteiger partial charge in [-0.1, -0.05) is 36.5 Å². The summed E-state index contributed by atoms with van der Waals surface area (Å²) in [5, 5.41) is 0. The van der Waals surface area contributed by atoms with Crippen LogP contribution < -0.4 is 0 Å². The number of fused-ring (bicyclic) bond motifs is 1. The molecule has 138 valence electrons. The molecule has 1 aliphatic carbocycles. The third kappa shape index (κ3) is 3.58. The highest BCUT2D eigenvalue weighted by atomic mass is 16.5. The molecule has 0 bridgehead atoms. The van der Waals surface area contributed by atoms with Crippen molar-refractivity contribution in [3.63, 3.8) is 0 Å². The minimum absolute atomic E-state index is 0.143. The quantitative estimate of drug-likeness (QED) is 0.786. The molecular weight excluding hydrogens is 338 g/mol. The fraction of sp³-hybridized carbons (Fsp3) is 0.409. The minimum atomic E-state index is -0.231. The van der Waals surface area contributed by atoms with Crippen LogP contribution >= 0.6 is 0 Å². The van der Waals surface area contributed by atoms with Crippen LogP contribution in [0, 0.1) is 17.8 Å². The number of carbonyl (C=O) groups excluding carboxylic acids is 1. The molecule has 1 saturated heterocycles. The Morgan fingerprint density at radius 3 is 2.59 bits per heavy atom. The molecule has 0 N–H and O–H groups in total. The summed E-state index contributed by atoms with van der Waals surface area (Å²) in [6, 6.07) is 10.1. The predicted octanol–water partition coefficient (Wildman–Crippen LogP) is 2.62. The molecule has 2 heterocycles. The van der Waals surface area contributed by atoms with E-state index in [-0.39, 0.29) is 11.8 Å². The monoisotopic (exact) mass is 361 g/mol. The Balaban J connectivity index is 1.53. The van der Waals surface area contributed by atoms with Crippen molar-refractivity contribution in [2.45, 2.75) is 31.2 Å². The number of ether oxygens (including phenoxy) is 1. The van der Waals surface area contributed by atoms with Gasteiger partial charge >= 0.3 is 0 Å². The molecule has 2 fully saturated rings. The van der Waals surface area contributed by atoms with Gasteiger partial charge in [0.25, 0.3) is 0 Å². The molecule has 1 aromatic heterocycles. The van der Waals surface area contributed by atoms with Crippen LogP contribution in [0.1, 0.15) is 42.1 Å². The SMILES string of the molecule is COCCN1C(=O)C(c2ncc(C#Cc3ccccc3)cn2)C2CCCC21. The molecule has 27 heavy (non-hydrogen) atoms. The van der Waals surface area contributed by atoms with E-state index in [1.807, 2.05) is 35.2 Å². The van der Waals surface area contributed by atoms with E-state index in [0.29, 0.717) is 30.9 Å². The molecule has 3 atom stereocenters. The number of nitrogens with zero attached hydrogens (tertiary/aromatic N) is 3. The number of aromatic nitrogens is 2.